The fourth-order valence-corrected chi connectivity index (χ4v) is 3.64. The van der Waals surface area contributed by atoms with Crippen LogP contribution in [0.1, 0.15) is 30.6 Å². The zero-order chi connectivity index (χ0) is 23.1. The van der Waals surface area contributed by atoms with E-state index in [9.17, 15) is 19.8 Å². The SMILES string of the molecule is CCOC(=O)C(Oc1ccc2c(c1)CC(NCC(O)c1cccc(Cl)c1)CCO2)C(=O)O. The van der Waals surface area contributed by atoms with Crippen LogP contribution in [0.2, 0.25) is 5.02 Å². The number of hydrogen-bond acceptors (Lipinski definition) is 7. The summed E-state index contributed by atoms with van der Waals surface area (Å²) in [6, 6.07) is 12.0. The molecule has 0 aromatic heterocycles. The van der Waals surface area contributed by atoms with Crippen molar-refractivity contribution in [2.75, 3.05) is 19.8 Å². The van der Waals surface area contributed by atoms with E-state index in [2.05, 4.69) is 5.32 Å². The van der Waals surface area contributed by atoms with Crippen molar-refractivity contribution in [1.29, 1.82) is 0 Å². The highest BCUT2D eigenvalue weighted by molar-refractivity contribution is 6.30. The Balaban J connectivity index is 1.66. The molecular formula is C23H26ClNO7. The molecule has 9 heteroatoms. The Bertz CT molecular complexity index is 952. The molecule has 0 amide bonds. The quantitative estimate of drug-likeness (QED) is 0.384. The number of carboxylic acid groups (broad SMARTS) is 1. The van der Waals surface area contributed by atoms with Crippen LogP contribution < -0.4 is 14.8 Å². The van der Waals surface area contributed by atoms with E-state index in [1.54, 1.807) is 43.3 Å². The predicted octanol–water partition coefficient (Wildman–Crippen LogP) is 2.75. The Hall–Kier alpha value is -2.81. The van der Waals surface area contributed by atoms with Crippen molar-refractivity contribution in [3.63, 3.8) is 0 Å². The van der Waals surface area contributed by atoms with Gasteiger partial charge in [-0.1, -0.05) is 23.7 Å². The first-order valence-electron chi connectivity index (χ1n) is 10.4. The number of carbonyl (C=O) groups is 2. The zero-order valence-electron chi connectivity index (χ0n) is 17.6. The molecule has 1 heterocycles. The van der Waals surface area contributed by atoms with Gasteiger partial charge in [-0.25, -0.2) is 9.59 Å². The highest BCUT2D eigenvalue weighted by atomic mass is 35.5. The Labute approximate surface area is 191 Å². The number of aliphatic hydroxyl groups excluding tert-OH is 1. The predicted molar refractivity (Wildman–Crippen MR) is 117 cm³/mol. The number of nitrogens with one attached hydrogen (secondary N) is 1. The minimum Gasteiger partial charge on any atom is -0.493 e. The fourth-order valence-electron chi connectivity index (χ4n) is 3.45. The molecule has 0 saturated heterocycles. The van der Waals surface area contributed by atoms with Gasteiger partial charge in [0.25, 0.3) is 6.10 Å². The van der Waals surface area contributed by atoms with E-state index in [-0.39, 0.29) is 18.4 Å². The first-order valence-corrected chi connectivity index (χ1v) is 10.7. The summed E-state index contributed by atoms with van der Waals surface area (Å²) in [6.45, 7) is 2.46. The maximum Gasteiger partial charge on any atom is 0.359 e. The second-order valence-corrected chi connectivity index (χ2v) is 7.81. The summed E-state index contributed by atoms with van der Waals surface area (Å²) in [5.74, 6) is -1.49. The van der Waals surface area contributed by atoms with Gasteiger partial charge < -0.3 is 29.7 Å². The molecule has 1 aliphatic rings. The minimum atomic E-state index is -1.75. The molecule has 2 aromatic rings. The standard InChI is InChI=1S/C23H26ClNO7/c1-2-30-23(29)21(22(27)28)32-18-6-7-20-15(12-18)11-17(8-9-31-20)25-13-19(26)14-4-3-5-16(24)10-14/h3-7,10,12,17,19,21,25-26H,2,8-9,11,13H2,1H3,(H,27,28). The lowest BCUT2D eigenvalue weighted by molar-refractivity contribution is -0.162. The summed E-state index contributed by atoms with van der Waals surface area (Å²) < 4.78 is 16.0. The molecule has 3 unspecified atom stereocenters. The number of aliphatic carboxylic acids is 1. The number of ether oxygens (including phenoxy) is 3. The summed E-state index contributed by atoms with van der Waals surface area (Å²) in [7, 11) is 0. The van der Waals surface area contributed by atoms with Crippen LogP contribution in [0.3, 0.4) is 0 Å². The monoisotopic (exact) mass is 463 g/mol. The van der Waals surface area contributed by atoms with E-state index < -0.39 is 24.1 Å². The number of carbonyl (C=O) groups excluding carboxylic acids is 1. The second-order valence-electron chi connectivity index (χ2n) is 7.37. The van der Waals surface area contributed by atoms with Crippen molar-refractivity contribution in [2.24, 2.45) is 0 Å². The van der Waals surface area contributed by atoms with Crippen molar-refractivity contribution in [3.8, 4) is 11.5 Å². The van der Waals surface area contributed by atoms with Crippen LogP contribution in [-0.4, -0.2) is 54.1 Å². The number of aliphatic hydroxyl groups is 1. The first kappa shape index (κ1) is 23.8. The van der Waals surface area contributed by atoms with E-state index in [0.717, 1.165) is 11.1 Å². The smallest absolute Gasteiger partial charge is 0.359 e. The lowest BCUT2D eigenvalue weighted by atomic mass is 10.0. The number of esters is 1. The van der Waals surface area contributed by atoms with E-state index in [0.29, 0.717) is 36.8 Å². The number of halogens is 1. The summed E-state index contributed by atoms with van der Waals surface area (Å²) in [6.07, 6.45) is -1.17. The van der Waals surface area contributed by atoms with E-state index in [1.165, 1.54) is 0 Å². The van der Waals surface area contributed by atoms with Gasteiger partial charge in [-0.05, 0) is 61.2 Å². The maximum absolute atomic E-state index is 11.9. The molecule has 2 aromatic carbocycles. The van der Waals surface area contributed by atoms with Gasteiger partial charge in [-0.2, -0.15) is 0 Å². The highest BCUT2D eigenvalue weighted by Gasteiger charge is 2.30. The average molecular weight is 464 g/mol. The van der Waals surface area contributed by atoms with Crippen LogP contribution in [0.15, 0.2) is 42.5 Å². The summed E-state index contributed by atoms with van der Waals surface area (Å²) >= 11 is 6.00. The Morgan fingerprint density at radius 2 is 2.09 bits per heavy atom. The van der Waals surface area contributed by atoms with Gasteiger partial charge in [-0.15, -0.1) is 0 Å². The van der Waals surface area contributed by atoms with Crippen LogP contribution in [-0.2, 0) is 20.7 Å². The largest absolute Gasteiger partial charge is 0.493 e. The Kier molecular flexibility index (Phi) is 8.33. The third-order valence-corrected chi connectivity index (χ3v) is 5.27. The average Bonchev–Trinajstić information content (AvgIpc) is 2.97. The lowest BCUT2D eigenvalue weighted by Crippen LogP contribution is -2.37. The molecule has 0 aliphatic carbocycles. The molecule has 32 heavy (non-hydrogen) atoms. The molecule has 3 N–H and O–H groups in total. The molecule has 0 bridgehead atoms. The van der Waals surface area contributed by atoms with Crippen LogP contribution >= 0.6 is 11.6 Å². The molecular weight excluding hydrogens is 438 g/mol. The molecule has 8 nitrogen and oxygen atoms in total. The second kappa shape index (κ2) is 11.2. The van der Waals surface area contributed by atoms with Gasteiger partial charge >= 0.3 is 11.9 Å². The number of rotatable bonds is 9. The molecule has 1 aliphatic heterocycles. The summed E-state index contributed by atoms with van der Waals surface area (Å²) in [4.78, 5) is 23.3. The number of hydrogen-bond donors (Lipinski definition) is 3. The fraction of sp³-hybridized carbons (Fsp3) is 0.391. The third-order valence-electron chi connectivity index (χ3n) is 5.03. The topological polar surface area (TPSA) is 114 Å². The van der Waals surface area contributed by atoms with Crippen molar-refractivity contribution < 1.29 is 34.0 Å². The summed E-state index contributed by atoms with van der Waals surface area (Å²) in [5.41, 5.74) is 1.53. The van der Waals surface area contributed by atoms with Gasteiger partial charge in [0.05, 0.1) is 19.3 Å². The van der Waals surface area contributed by atoms with Gasteiger partial charge in [0.1, 0.15) is 11.5 Å². The van der Waals surface area contributed by atoms with E-state index in [4.69, 9.17) is 25.8 Å². The molecule has 0 fully saturated rings. The van der Waals surface area contributed by atoms with Gasteiger partial charge in [0, 0.05) is 17.6 Å². The van der Waals surface area contributed by atoms with Crippen LogP contribution in [0.25, 0.3) is 0 Å². The highest BCUT2D eigenvalue weighted by Crippen LogP contribution is 2.29. The third kappa shape index (κ3) is 6.35. The Morgan fingerprint density at radius 3 is 2.81 bits per heavy atom. The molecule has 3 rings (SSSR count). The van der Waals surface area contributed by atoms with Gasteiger partial charge in [-0.3, -0.25) is 0 Å². The van der Waals surface area contributed by atoms with Crippen LogP contribution in [0.5, 0.6) is 11.5 Å². The Morgan fingerprint density at radius 1 is 1.28 bits per heavy atom. The van der Waals surface area contributed by atoms with Crippen molar-refractivity contribution in [1.82, 2.24) is 5.32 Å². The van der Waals surface area contributed by atoms with Gasteiger partial charge in [0.15, 0.2) is 0 Å². The normalized spacial score (nSPS) is 17.3. The first-order chi connectivity index (χ1) is 15.4. The number of carboxylic acids is 1. The van der Waals surface area contributed by atoms with Crippen molar-refractivity contribution >= 4 is 23.5 Å². The molecule has 0 saturated carbocycles. The minimum absolute atomic E-state index is 0.0145. The van der Waals surface area contributed by atoms with Crippen molar-refractivity contribution in [3.05, 3.63) is 58.6 Å². The number of fused-ring (bicyclic) bond motifs is 1. The molecule has 0 radical (unpaired) electrons. The van der Waals surface area contributed by atoms with Crippen LogP contribution in [0.4, 0.5) is 0 Å². The summed E-state index contributed by atoms with van der Waals surface area (Å²) in [5, 5.41) is 23.7. The van der Waals surface area contributed by atoms with Crippen LogP contribution in [0, 0.1) is 0 Å². The maximum atomic E-state index is 11.9. The zero-order valence-corrected chi connectivity index (χ0v) is 18.4. The van der Waals surface area contributed by atoms with Crippen molar-refractivity contribution in [2.45, 2.75) is 38.0 Å². The van der Waals surface area contributed by atoms with E-state index in [1.807, 2.05) is 6.07 Å². The number of benzene rings is 2. The van der Waals surface area contributed by atoms with E-state index >= 15 is 0 Å². The van der Waals surface area contributed by atoms with Gasteiger partial charge in [0.2, 0.25) is 0 Å². The lowest BCUT2D eigenvalue weighted by Gasteiger charge is -2.19. The molecule has 0 spiro atoms. The molecule has 3 atom stereocenters. The molecule has 172 valence electrons.